The zero-order valence-electron chi connectivity index (χ0n) is 19.4. The normalized spacial score (nSPS) is 19.8. The first-order chi connectivity index (χ1) is 16.1. The summed E-state index contributed by atoms with van der Waals surface area (Å²) in [5.41, 5.74) is 1.74. The van der Waals surface area contributed by atoms with Crippen molar-refractivity contribution in [2.75, 3.05) is 44.2 Å². The van der Waals surface area contributed by atoms with E-state index >= 15 is 0 Å². The molecule has 2 amide bonds. The van der Waals surface area contributed by atoms with Gasteiger partial charge in [0.05, 0.1) is 0 Å². The number of aromatic nitrogens is 2. The molecule has 2 aliphatic rings. The van der Waals surface area contributed by atoms with Crippen LogP contribution in [0.1, 0.15) is 37.4 Å². The molecule has 2 fully saturated rings. The molecule has 0 unspecified atom stereocenters. The number of rotatable bonds is 6. The third kappa shape index (κ3) is 6.20. The van der Waals surface area contributed by atoms with Crippen LogP contribution in [0.3, 0.4) is 0 Å². The Hall–Kier alpha value is -3.18. The Bertz CT molecular complexity index is 953. The lowest BCUT2D eigenvalue weighted by Gasteiger charge is -2.39. The first-order valence-corrected chi connectivity index (χ1v) is 11.9. The van der Waals surface area contributed by atoms with Gasteiger partial charge in [0, 0.05) is 45.0 Å². The molecular formula is C25H33N7O. The number of hydrogen-bond donors (Lipinski definition) is 1. The van der Waals surface area contributed by atoms with E-state index in [1.807, 2.05) is 16.7 Å². The van der Waals surface area contributed by atoms with Gasteiger partial charge in [0.25, 0.3) is 0 Å². The fraction of sp³-hybridized carbons (Fsp3) is 0.520. The first kappa shape index (κ1) is 23.0. The van der Waals surface area contributed by atoms with Crippen LogP contribution in [0.4, 0.5) is 10.7 Å². The maximum atomic E-state index is 12.8. The maximum absolute atomic E-state index is 12.8. The second kappa shape index (κ2) is 11.1. The van der Waals surface area contributed by atoms with E-state index in [9.17, 15) is 4.79 Å². The summed E-state index contributed by atoms with van der Waals surface area (Å²) in [4.78, 5) is 27.8. The minimum atomic E-state index is 0.00959. The van der Waals surface area contributed by atoms with E-state index in [1.54, 1.807) is 12.3 Å². The Morgan fingerprint density at radius 3 is 2.67 bits per heavy atom. The van der Waals surface area contributed by atoms with E-state index in [1.165, 1.54) is 18.4 Å². The van der Waals surface area contributed by atoms with Gasteiger partial charge in [-0.2, -0.15) is 5.26 Å². The van der Waals surface area contributed by atoms with Crippen LogP contribution in [0.15, 0.2) is 42.6 Å². The van der Waals surface area contributed by atoms with Crippen LogP contribution in [-0.4, -0.2) is 71.1 Å². The first-order valence-electron chi connectivity index (χ1n) is 11.9. The van der Waals surface area contributed by atoms with Gasteiger partial charge in [-0.15, -0.1) is 0 Å². The molecule has 0 radical (unpaired) electrons. The SMILES string of the molecule is C[C@@H]1CN(c2nccc(C#N)n2)CCN1C(=O)NCCC1CCN(Cc2ccccc2)CC1. The average Bonchev–Trinajstić information content (AvgIpc) is 2.85. The lowest BCUT2D eigenvalue weighted by Crippen LogP contribution is -2.57. The minimum absolute atomic E-state index is 0.00959. The number of likely N-dealkylation sites (tertiary alicyclic amines) is 1. The summed E-state index contributed by atoms with van der Waals surface area (Å²) in [6.07, 6.45) is 5.03. The number of piperidine rings is 1. The van der Waals surface area contributed by atoms with Gasteiger partial charge in [-0.25, -0.2) is 14.8 Å². The Balaban J connectivity index is 1.16. The number of nitriles is 1. The molecule has 3 heterocycles. The highest BCUT2D eigenvalue weighted by molar-refractivity contribution is 5.74. The number of nitrogens with one attached hydrogen (secondary N) is 1. The van der Waals surface area contributed by atoms with E-state index in [0.717, 1.165) is 32.6 Å². The van der Waals surface area contributed by atoms with Crippen molar-refractivity contribution < 1.29 is 4.79 Å². The van der Waals surface area contributed by atoms with Crippen molar-refractivity contribution in [2.45, 2.75) is 38.8 Å². The van der Waals surface area contributed by atoms with Gasteiger partial charge in [-0.3, -0.25) is 4.90 Å². The van der Waals surface area contributed by atoms with Crippen LogP contribution in [-0.2, 0) is 6.54 Å². The number of carbonyl (C=O) groups excluding carboxylic acids is 1. The highest BCUT2D eigenvalue weighted by atomic mass is 16.2. The molecule has 2 aliphatic heterocycles. The third-order valence-corrected chi connectivity index (χ3v) is 6.71. The highest BCUT2D eigenvalue weighted by Crippen LogP contribution is 2.22. The average molecular weight is 448 g/mol. The zero-order valence-corrected chi connectivity index (χ0v) is 19.4. The van der Waals surface area contributed by atoms with Crippen LogP contribution in [0.5, 0.6) is 0 Å². The monoisotopic (exact) mass is 447 g/mol. The largest absolute Gasteiger partial charge is 0.338 e. The molecular weight excluding hydrogens is 414 g/mol. The fourth-order valence-electron chi connectivity index (χ4n) is 4.76. The summed E-state index contributed by atoms with van der Waals surface area (Å²) in [5.74, 6) is 1.23. The number of amides is 2. The van der Waals surface area contributed by atoms with Crippen molar-refractivity contribution in [1.29, 1.82) is 5.26 Å². The molecule has 1 N–H and O–H groups in total. The molecule has 2 saturated heterocycles. The lowest BCUT2D eigenvalue weighted by molar-refractivity contribution is 0.162. The fourth-order valence-corrected chi connectivity index (χ4v) is 4.76. The van der Waals surface area contributed by atoms with Gasteiger partial charge in [0.15, 0.2) is 0 Å². The molecule has 0 bridgehead atoms. The van der Waals surface area contributed by atoms with Crippen molar-refractivity contribution >= 4 is 12.0 Å². The van der Waals surface area contributed by atoms with Gasteiger partial charge in [-0.1, -0.05) is 30.3 Å². The van der Waals surface area contributed by atoms with Crippen molar-refractivity contribution in [2.24, 2.45) is 5.92 Å². The number of piperazine rings is 1. The molecule has 174 valence electrons. The summed E-state index contributed by atoms with van der Waals surface area (Å²) >= 11 is 0. The molecule has 0 aliphatic carbocycles. The Morgan fingerprint density at radius 1 is 1.15 bits per heavy atom. The molecule has 1 atom stereocenters. The topological polar surface area (TPSA) is 88.4 Å². The van der Waals surface area contributed by atoms with Crippen LogP contribution >= 0.6 is 0 Å². The minimum Gasteiger partial charge on any atom is -0.338 e. The lowest BCUT2D eigenvalue weighted by atomic mass is 9.93. The third-order valence-electron chi connectivity index (χ3n) is 6.71. The second-order valence-electron chi connectivity index (χ2n) is 9.07. The molecule has 33 heavy (non-hydrogen) atoms. The van der Waals surface area contributed by atoms with Gasteiger partial charge in [-0.05, 0) is 56.8 Å². The predicted octanol–water partition coefficient (Wildman–Crippen LogP) is 2.87. The van der Waals surface area contributed by atoms with Crippen molar-refractivity contribution in [3.05, 3.63) is 53.9 Å². The maximum Gasteiger partial charge on any atom is 0.317 e. The van der Waals surface area contributed by atoms with Crippen molar-refractivity contribution in [3.63, 3.8) is 0 Å². The number of hydrogen-bond acceptors (Lipinski definition) is 6. The molecule has 1 aromatic heterocycles. The summed E-state index contributed by atoms with van der Waals surface area (Å²) in [5, 5.41) is 12.2. The smallest absolute Gasteiger partial charge is 0.317 e. The second-order valence-corrected chi connectivity index (χ2v) is 9.07. The number of benzene rings is 1. The Kier molecular flexibility index (Phi) is 7.74. The van der Waals surface area contributed by atoms with E-state index in [0.29, 0.717) is 37.2 Å². The summed E-state index contributed by atoms with van der Waals surface area (Å²) < 4.78 is 0. The number of nitrogens with zero attached hydrogens (tertiary/aromatic N) is 6. The number of anilines is 1. The van der Waals surface area contributed by atoms with Crippen molar-refractivity contribution in [1.82, 2.24) is 25.1 Å². The summed E-state index contributed by atoms with van der Waals surface area (Å²) in [6.45, 7) is 7.98. The molecule has 0 saturated carbocycles. The van der Waals surface area contributed by atoms with E-state index in [-0.39, 0.29) is 12.1 Å². The summed E-state index contributed by atoms with van der Waals surface area (Å²) in [6, 6.07) is 14.4. The van der Waals surface area contributed by atoms with Gasteiger partial charge in [0.2, 0.25) is 5.95 Å². The Labute approximate surface area is 196 Å². The molecule has 0 spiro atoms. The summed E-state index contributed by atoms with van der Waals surface area (Å²) in [7, 11) is 0. The van der Waals surface area contributed by atoms with Gasteiger partial charge in [0.1, 0.15) is 11.8 Å². The van der Waals surface area contributed by atoms with Gasteiger partial charge < -0.3 is 15.1 Å². The van der Waals surface area contributed by atoms with E-state index in [2.05, 4.69) is 56.6 Å². The number of carbonyl (C=O) groups is 1. The standard InChI is InChI=1S/C25H33N7O/c1-20-18-31(24-27-12-8-23(17-26)29-24)15-16-32(20)25(33)28-11-7-21-9-13-30(14-10-21)19-22-5-3-2-4-6-22/h2-6,8,12,20-21H,7,9-11,13-16,18-19H2,1H3,(H,28,33)/t20-/m1/s1. The highest BCUT2D eigenvalue weighted by Gasteiger charge is 2.29. The van der Waals surface area contributed by atoms with E-state index < -0.39 is 0 Å². The molecule has 8 nitrogen and oxygen atoms in total. The van der Waals surface area contributed by atoms with Gasteiger partial charge >= 0.3 is 6.03 Å². The predicted molar refractivity (Wildman–Crippen MR) is 128 cm³/mol. The van der Waals surface area contributed by atoms with Crippen LogP contribution in [0.25, 0.3) is 0 Å². The zero-order chi connectivity index (χ0) is 23.0. The molecule has 8 heteroatoms. The molecule has 2 aromatic rings. The van der Waals surface area contributed by atoms with Crippen LogP contribution in [0.2, 0.25) is 0 Å². The van der Waals surface area contributed by atoms with Crippen LogP contribution < -0.4 is 10.2 Å². The van der Waals surface area contributed by atoms with Crippen molar-refractivity contribution in [3.8, 4) is 6.07 Å². The van der Waals surface area contributed by atoms with Crippen LogP contribution in [0, 0.1) is 17.2 Å². The Morgan fingerprint density at radius 2 is 1.94 bits per heavy atom. The number of urea groups is 1. The quantitative estimate of drug-likeness (QED) is 0.733. The van der Waals surface area contributed by atoms with E-state index in [4.69, 9.17) is 5.26 Å². The molecule has 4 rings (SSSR count). The molecule has 1 aromatic carbocycles.